The van der Waals surface area contributed by atoms with Crippen LogP contribution < -0.4 is 0 Å². The highest BCUT2D eigenvalue weighted by Crippen LogP contribution is 2.44. The van der Waals surface area contributed by atoms with Crippen molar-refractivity contribution in [1.29, 1.82) is 0 Å². The van der Waals surface area contributed by atoms with E-state index in [1.807, 2.05) is 0 Å². The molecule has 0 aromatic carbocycles. The van der Waals surface area contributed by atoms with Crippen molar-refractivity contribution in [3.05, 3.63) is 0 Å². The van der Waals surface area contributed by atoms with Crippen molar-refractivity contribution in [3.8, 4) is 0 Å². The molecule has 0 aromatic heterocycles. The Morgan fingerprint density at radius 1 is 1.25 bits per heavy atom. The molecule has 0 amide bonds. The highest BCUT2D eigenvalue weighted by atomic mass is 31.2. The number of hydrogen-bond acceptors (Lipinski definition) is 1. The van der Waals surface area contributed by atoms with Gasteiger partial charge in [-0.1, -0.05) is 13.8 Å². The van der Waals surface area contributed by atoms with Gasteiger partial charge in [0.1, 0.15) is 0 Å². The van der Waals surface area contributed by atoms with Crippen LogP contribution in [0.25, 0.3) is 0 Å². The van der Waals surface area contributed by atoms with Crippen LogP contribution >= 0.6 is 7.75 Å². The number of rotatable bonds is 1. The summed E-state index contributed by atoms with van der Waals surface area (Å²) >= 11 is 0. The Hall–Kier alpha value is 0.110. The van der Waals surface area contributed by atoms with Crippen LogP contribution in [0.2, 0.25) is 0 Å². The first-order valence-electron chi connectivity index (χ1n) is 4.12. The Morgan fingerprint density at radius 2 is 1.67 bits per heavy atom. The minimum Gasteiger partial charge on any atom is -0.312 e. The summed E-state index contributed by atoms with van der Waals surface area (Å²) in [5.74, 6) is 0. The number of hydrogen-bond donors (Lipinski definition) is 2. The van der Waals surface area contributed by atoms with Gasteiger partial charge in [-0.2, -0.15) is 0 Å². The van der Waals surface area contributed by atoms with Gasteiger partial charge in [0.25, 0.3) is 0 Å². The van der Waals surface area contributed by atoms with Crippen molar-refractivity contribution in [2.45, 2.75) is 26.7 Å². The second-order valence-electron chi connectivity index (χ2n) is 4.13. The molecule has 12 heavy (non-hydrogen) atoms. The summed E-state index contributed by atoms with van der Waals surface area (Å²) in [6, 6.07) is 0. The standard InChI is InChI=1S/C7H16NO3P/c1-7(2)3-5-8(6-4-7)12(9,10)11/h3-6H2,1-2H3,(H2,9,10,11). The van der Waals surface area contributed by atoms with Crippen LogP contribution in [-0.2, 0) is 4.57 Å². The molecule has 0 saturated carbocycles. The lowest BCUT2D eigenvalue weighted by Crippen LogP contribution is -2.35. The smallest absolute Gasteiger partial charge is 0.312 e. The first-order chi connectivity index (χ1) is 5.31. The van der Waals surface area contributed by atoms with E-state index < -0.39 is 7.75 Å². The lowest BCUT2D eigenvalue weighted by Gasteiger charge is -2.36. The third kappa shape index (κ3) is 2.56. The van der Waals surface area contributed by atoms with Crippen LogP contribution in [0.4, 0.5) is 0 Å². The molecule has 0 spiro atoms. The van der Waals surface area contributed by atoms with E-state index in [4.69, 9.17) is 9.79 Å². The molecule has 72 valence electrons. The Balaban J connectivity index is 2.53. The molecule has 1 heterocycles. The van der Waals surface area contributed by atoms with Gasteiger partial charge < -0.3 is 9.79 Å². The summed E-state index contributed by atoms with van der Waals surface area (Å²) < 4.78 is 12.1. The molecule has 1 rings (SSSR count). The van der Waals surface area contributed by atoms with Gasteiger partial charge in [0.15, 0.2) is 0 Å². The van der Waals surface area contributed by atoms with Crippen molar-refractivity contribution < 1.29 is 14.4 Å². The van der Waals surface area contributed by atoms with Crippen LogP contribution in [-0.4, -0.2) is 27.5 Å². The maximum absolute atomic E-state index is 10.8. The monoisotopic (exact) mass is 193 g/mol. The van der Waals surface area contributed by atoms with Crippen LogP contribution in [0.15, 0.2) is 0 Å². The lowest BCUT2D eigenvalue weighted by atomic mass is 9.83. The Bertz CT molecular complexity index is 201. The maximum atomic E-state index is 10.8. The fourth-order valence-electron chi connectivity index (χ4n) is 1.36. The highest BCUT2D eigenvalue weighted by Gasteiger charge is 2.33. The van der Waals surface area contributed by atoms with E-state index in [2.05, 4.69) is 13.8 Å². The predicted molar refractivity (Wildman–Crippen MR) is 46.6 cm³/mol. The van der Waals surface area contributed by atoms with E-state index in [1.165, 1.54) is 4.67 Å². The average Bonchev–Trinajstić information content (AvgIpc) is 1.83. The summed E-state index contributed by atoms with van der Waals surface area (Å²) in [7, 11) is -3.96. The molecule has 0 aliphatic carbocycles. The zero-order valence-electron chi connectivity index (χ0n) is 7.53. The second-order valence-corrected chi connectivity index (χ2v) is 5.72. The first-order valence-corrected chi connectivity index (χ1v) is 5.69. The van der Waals surface area contributed by atoms with Crippen molar-refractivity contribution in [3.63, 3.8) is 0 Å². The van der Waals surface area contributed by atoms with E-state index in [1.54, 1.807) is 0 Å². The molecule has 5 heteroatoms. The van der Waals surface area contributed by atoms with Gasteiger partial charge in [0, 0.05) is 13.1 Å². The van der Waals surface area contributed by atoms with Gasteiger partial charge in [-0.05, 0) is 18.3 Å². The van der Waals surface area contributed by atoms with Crippen LogP contribution in [0.5, 0.6) is 0 Å². The predicted octanol–water partition coefficient (Wildman–Crippen LogP) is 1.20. The normalized spacial score (nSPS) is 25.7. The number of nitrogens with zero attached hydrogens (tertiary/aromatic N) is 1. The van der Waals surface area contributed by atoms with E-state index in [-0.39, 0.29) is 5.41 Å². The van der Waals surface area contributed by atoms with Gasteiger partial charge >= 0.3 is 7.75 Å². The quantitative estimate of drug-likeness (QED) is 0.614. The summed E-state index contributed by atoms with van der Waals surface area (Å²) in [5.41, 5.74) is 0.242. The van der Waals surface area contributed by atoms with Crippen molar-refractivity contribution in [2.75, 3.05) is 13.1 Å². The first kappa shape index (κ1) is 10.2. The van der Waals surface area contributed by atoms with Crippen LogP contribution in [0.3, 0.4) is 0 Å². The van der Waals surface area contributed by atoms with E-state index >= 15 is 0 Å². The molecule has 0 atom stereocenters. The topological polar surface area (TPSA) is 60.8 Å². The van der Waals surface area contributed by atoms with Crippen molar-refractivity contribution >= 4 is 7.75 Å². The fourth-order valence-corrected chi connectivity index (χ4v) is 2.08. The van der Waals surface area contributed by atoms with Gasteiger partial charge in [0.2, 0.25) is 0 Å². The summed E-state index contributed by atoms with van der Waals surface area (Å²) in [4.78, 5) is 17.7. The highest BCUT2D eigenvalue weighted by molar-refractivity contribution is 7.49. The zero-order chi connectivity index (χ0) is 9.41. The van der Waals surface area contributed by atoms with Gasteiger partial charge in [-0.3, -0.25) is 0 Å². The molecular formula is C7H16NO3P. The minimum atomic E-state index is -3.96. The fraction of sp³-hybridized carbons (Fsp3) is 1.00. The molecule has 4 nitrogen and oxygen atoms in total. The molecule has 2 N–H and O–H groups in total. The van der Waals surface area contributed by atoms with Gasteiger partial charge in [-0.25, -0.2) is 9.24 Å². The molecule has 0 bridgehead atoms. The van der Waals surface area contributed by atoms with Crippen LogP contribution in [0.1, 0.15) is 26.7 Å². The van der Waals surface area contributed by atoms with Crippen molar-refractivity contribution in [2.24, 2.45) is 5.41 Å². The van der Waals surface area contributed by atoms with Gasteiger partial charge in [-0.15, -0.1) is 0 Å². The van der Waals surface area contributed by atoms with E-state index in [0.29, 0.717) is 13.1 Å². The zero-order valence-corrected chi connectivity index (χ0v) is 8.42. The van der Waals surface area contributed by atoms with E-state index in [9.17, 15) is 4.57 Å². The minimum absolute atomic E-state index is 0.242. The molecule has 1 saturated heterocycles. The lowest BCUT2D eigenvalue weighted by molar-refractivity contribution is 0.163. The third-order valence-corrected chi connectivity index (χ3v) is 3.60. The molecule has 0 unspecified atom stereocenters. The molecule has 1 aliphatic heterocycles. The summed E-state index contributed by atoms with van der Waals surface area (Å²) in [5, 5.41) is 0. The molecule has 1 fully saturated rings. The average molecular weight is 193 g/mol. The Labute approximate surface area is 72.8 Å². The van der Waals surface area contributed by atoms with Crippen LogP contribution in [0, 0.1) is 5.41 Å². The number of piperidine rings is 1. The van der Waals surface area contributed by atoms with Crippen molar-refractivity contribution in [1.82, 2.24) is 4.67 Å². The molecule has 0 aromatic rings. The SMILES string of the molecule is CC1(C)CCN(P(=O)(O)O)CC1. The molecule has 0 radical (unpaired) electrons. The summed E-state index contributed by atoms with van der Waals surface area (Å²) in [6.45, 7) is 5.28. The molecule has 1 aliphatic rings. The molecular weight excluding hydrogens is 177 g/mol. The summed E-state index contributed by atoms with van der Waals surface area (Å²) in [6.07, 6.45) is 1.72. The second kappa shape index (κ2) is 3.11. The maximum Gasteiger partial charge on any atom is 0.402 e. The Kier molecular flexibility index (Phi) is 2.64. The largest absolute Gasteiger partial charge is 0.402 e. The Morgan fingerprint density at radius 3 is 2.00 bits per heavy atom. The van der Waals surface area contributed by atoms with E-state index in [0.717, 1.165) is 12.8 Å². The van der Waals surface area contributed by atoms with Gasteiger partial charge in [0.05, 0.1) is 0 Å². The third-order valence-electron chi connectivity index (χ3n) is 2.46.